The van der Waals surface area contributed by atoms with Gasteiger partial charge in [-0.1, -0.05) is 12.8 Å². The van der Waals surface area contributed by atoms with E-state index in [4.69, 9.17) is 4.74 Å². The van der Waals surface area contributed by atoms with Crippen LogP contribution in [0.25, 0.3) is 10.9 Å². The highest BCUT2D eigenvalue weighted by Gasteiger charge is 2.29. The van der Waals surface area contributed by atoms with E-state index in [9.17, 15) is 9.59 Å². The van der Waals surface area contributed by atoms with Crippen molar-refractivity contribution < 1.29 is 14.3 Å². The van der Waals surface area contributed by atoms with Crippen molar-refractivity contribution in [2.24, 2.45) is 11.8 Å². The first kappa shape index (κ1) is 18.0. The first-order chi connectivity index (χ1) is 13.2. The number of hydrogen-bond acceptors (Lipinski definition) is 4. The number of amides is 1. The molecule has 1 heterocycles. The molecule has 0 bridgehead atoms. The molecule has 0 spiro atoms. The monoisotopic (exact) mass is 369 g/mol. The molecule has 2 aromatic rings. The minimum absolute atomic E-state index is 0.0898. The van der Waals surface area contributed by atoms with Gasteiger partial charge < -0.3 is 10.1 Å². The summed E-state index contributed by atoms with van der Waals surface area (Å²) < 4.78 is 5.57. The van der Waals surface area contributed by atoms with Crippen LogP contribution < -0.4 is 10.1 Å². The summed E-state index contributed by atoms with van der Waals surface area (Å²) in [5.41, 5.74) is 0.920. The van der Waals surface area contributed by atoms with Crippen molar-refractivity contribution in [2.45, 2.75) is 63.8 Å². The Kier molecular flexibility index (Phi) is 5.41. The number of esters is 1. The standard InChI is InChI=1S/C21H27N3O3/c25-20(11-14-3-1-2-4-14)23-17-7-5-15(6-8-17)21(26)27-18-9-10-19-16(12-18)13-22-24-19/h9-10,12-15,17H,1-8,11H2,(H,22,24)(H,23,25). The van der Waals surface area contributed by atoms with Gasteiger partial charge in [-0.3, -0.25) is 14.7 Å². The van der Waals surface area contributed by atoms with Crippen LogP contribution in [0.3, 0.4) is 0 Å². The van der Waals surface area contributed by atoms with Gasteiger partial charge in [0.2, 0.25) is 5.91 Å². The Hall–Kier alpha value is -2.37. The largest absolute Gasteiger partial charge is 0.426 e. The molecule has 144 valence electrons. The van der Waals surface area contributed by atoms with Crippen molar-refractivity contribution in [1.82, 2.24) is 15.5 Å². The summed E-state index contributed by atoms with van der Waals surface area (Å²) in [7, 11) is 0. The molecule has 0 unspecified atom stereocenters. The van der Waals surface area contributed by atoms with E-state index in [0.29, 0.717) is 18.1 Å². The van der Waals surface area contributed by atoms with E-state index in [1.165, 1.54) is 25.7 Å². The number of nitrogens with one attached hydrogen (secondary N) is 2. The highest BCUT2D eigenvalue weighted by Crippen LogP contribution is 2.29. The summed E-state index contributed by atoms with van der Waals surface area (Å²) in [5, 5.41) is 11.0. The van der Waals surface area contributed by atoms with E-state index in [1.54, 1.807) is 12.3 Å². The van der Waals surface area contributed by atoms with Gasteiger partial charge in [0, 0.05) is 17.8 Å². The van der Waals surface area contributed by atoms with Crippen LogP contribution in [-0.4, -0.2) is 28.1 Å². The molecule has 2 aliphatic carbocycles. The van der Waals surface area contributed by atoms with E-state index < -0.39 is 0 Å². The fourth-order valence-electron chi connectivity index (χ4n) is 4.42. The molecule has 27 heavy (non-hydrogen) atoms. The number of hydrogen-bond donors (Lipinski definition) is 2. The van der Waals surface area contributed by atoms with Crippen LogP contribution in [0.1, 0.15) is 57.8 Å². The van der Waals surface area contributed by atoms with Crippen LogP contribution in [0.2, 0.25) is 0 Å². The molecule has 0 radical (unpaired) electrons. The number of benzene rings is 1. The first-order valence-electron chi connectivity index (χ1n) is 10.1. The molecule has 2 fully saturated rings. The lowest BCUT2D eigenvalue weighted by Gasteiger charge is -2.28. The Balaban J connectivity index is 1.23. The van der Waals surface area contributed by atoms with Gasteiger partial charge in [-0.15, -0.1) is 0 Å². The Bertz CT molecular complexity index is 802. The molecule has 0 saturated heterocycles. The van der Waals surface area contributed by atoms with Crippen LogP contribution in [-0.2, 0) is 9.59 Å². The maximum Gasteiger partial charge on any atom is 0.314 e. The van der Waals surface area contributed by atoms with Gasteiger partial charge in [-0.2, -0.15) is 5.10 Å². The molecule has 6 heteroatoms. The third-order valence-electron chi connectivity index (χ3n) is 6.00. The highest BCUT2D eigenvalue weighted by molar-refractivity contribution is 5.81. The normalized spacial score (nSPS) is 23.4. The zero-order chi connectivity index (χ0) is 18.6. The minimum atomic E-state index is -0.173. The molecule has 0 aliphatic heterocycles. The van der Waals surface area contributed by atoms with Crippen molar-refractivity contribution >= 4 is 22.8 Å². The lowest BCUT2D eigenvalue weighted by molar-refractivity contribution is -0.140. The number of carbonyl (C=O) groups is 2. The highest BCUT2D eigenvalue weighted by atomic mass is 16.5. The van der Waals surface area contributed by atoms with Crippen LogP contribution in [0.15, 0.2) is 24.4 Å². The molecule has 2 aliphatic rings. The topological polar surface area (TPSA) is 84.1 Å². The molecule has 0 atom stereocenters. The number of ether oxygens (including phenoxy) is 1. The Morgan fingerprint density at radius 3 is 2.67 bits per heavy atom. The predicted molar refractivity (Wildman–Crippen MR) is 102 cm³/mol. The SMILES string of the molecule is O=C(CC1CCCC1)NC1CCC(C(=O)Oc2ccc3[nH]ncc3c2)CC1. The van der Waals surface area contributed by atoms with Crippen molar-refractivity contribution in [1.29, 1.82) is 0 Å². The molecule has 6 nitrogen and oxygen atoms in total. The molecule has 1 aromatic heterocycles. The molecule has 2 saturated carbocycles. The summed E-state index contributed by atoms with van der Waals surface area (Å²) in [6.07, 6.45) is 10.5. The minimum Gasteiger partial charge on any atom is -0.426 e. The molecule has 1 amide bonds. The van der Waals surface area contributed by atoms with Crippen molar-refractivity contribution in [3.63, 3.8) is 0 Å². The summed E-state index contributed by atoms with van der Waals surface area (Å²) >= 11 is 0. The second-order valence-electron chi connectivity index (χ2n) is 8.01. The summed E-state index contributed by atoms with van der Waals surface area (Å²) in [4.78, 5) is 24.7. The average molecular weight is 369 g/mol. The van der Waals surface area contributed by atoms with Gasteiger partial charge in [0.05, 0.1) is 17.6 Å². The summed E-state index contributed by atoms with van der Waals surface area (Å²) in [6.45, 7) is 0. The molecular weight excluding hydrogens is 342 g/mol. The van der Waals surface area contributed by atoms with E-state index in [1.807, 2.05) is 12.1 Å². The molecular formula is C21H27N3O3. The Morgan fingerprint density at radius 1 is 1.11 bits per heavy atom. The zero-order valence-electron chi connectivity index (χ0n) is 15.6. The van der Waals surface area contributed by atoms with Gasteiger partial charge in [0.1, 0.15) is 5.75 Å². The van der Waals surface area contributed by atoms with Crippen molar-refractivity contribution in [2.75, 3.05) is 0 Å². The molecule has 4 rings (SSSR count). The van der Waals surface area contributed by atoms with Crippen LogP contribution >= 0.6 is 0 Å². The lowest BCUT2D eigenvalue weighted by Crippen LogP contribution is -2.39. The zero-order valence-corrected chi connectivity index (χ0v) is 15.6. The van der Waals surface area contributed by atoms with Gasteiger partial charge in [-0.05, 0) is 62.6 Å². The summed E-state index contributed by atoms with van der Waals surface area (Å²) in [5.74, 6) is 1.05. The third-order valence-corrected chi connectivity index (χ3v) is 6.00. The van der Waals surface area contributed by atoms with Crippen molar-refractivity contribution in [3.05, 3.63) is 24.4 Å². The van der Waals surface area contributed by atoms with Gasteiger partial charge in [-0.25, -0.2) is 0 Å². The second-order valence-corrected chi connectivity index (χ2v) is 8.01. The third kappa shape index (κ3) is 4.49. The van der Waals surface area contributed by atoms with Gasteiger partial charge in [0.25, 0.3) is 0 Å². The lowest BCUT2D eigenvalue weighted by atomic mass is 9.86. The number of carbonyl (C=O) groups excluding carboxylic acids is 2. The van der Waals surface area contributed by atoms with E-state index in [0.717, 1.165) is 36.6 Å². The fourth-order valence-corrected chi connectivity index (χ4v) is 4.42. The molecule has 1 aromatic carbocycles. The van der Waals surface area contributed by atoms with Crippen molar-refractivity contribution in [3.8, 4) is 5.75 Å². The van der Waals surface area contributed by atoms with Gasteiger partial charge >= 0.3 is 5.97 Å². The number of H-pyrrole nitrogens is 1. The number of aromatic amines is 1. The predicted octanol–water partition coefficient (Wildman–Crippen LogP) is 3.72. The smallest absolute Gasteiger partial charge is 0.314 e. The van der Waals surface area contributed by atoms with Crippen LogP contribution in [0.4, 0.5) is 0 Å². The van der Waals surface area contributed by atoms with E-state index in [-0.39, 0.29) is 23.8 Å². The van der Waals surface area contributed by atoms with E-state index >= 15 is 0 Å². The quantitative estimate of drug-likeness (QED) is 0.621. The number of rotatable bonds is 5. The van der Waals surface area contributed by atoms with Crippen LogP contribution in [0, 0.1) is 11.8 Å². The maximum atomic E-state index is 12.5. The average Bonchev–Trinajstić information content (AvgIpc) is 3.33. The summed E-state index contributed by atoms with van der Waals surface area (Å²) in [6, 6.07) is 5.67. The Labute approximate surface area is 159 Å². The second kappa shape index (κ2) is 8.11. The number of fused-ring (bicyclic) bond motifs is 1. The first-order valence-corrected chi connectivity index (χ1v) is 10.1. The molecule has 2 N–H and O–H groups in total. The number of aromatic nitrogens is 2. The van der Waals surface area contributed by atoms with E-state index in [2.05, 4.69) is 15.5 Å². The Morgan fingerprint density at radius 2 is 1.89 bits per heavy atom. The maximum absolute atomic E-state index is 12.5. The fraction of sp³-hybridized carbons (Fsp3) is 0.571. The van der Waals surface area contributed by atoms with Gasteiger partial charge in [0.15, 0.2) is 0 Å². The number of nitrogens with zero attached hydrogens (tertiary/aromatic N) is 1. The van der Waals surface area contributed by atoms with Crippen LogP contribution in [0.5, 0.6) is 5.75 Å².